The maximum atomic E-state index is 12.4. The summed E-state index contributed by atoms with van der Waals surface area (Å²) in [5, 5.41) is 12.1. The van der Waals surface area contributed by atoms with Crippen molar-refractivity contribution >= 4 is 23.5 Å². The van der Waals surface area contributed by atoms with Crippen LogP contribution in [0, 0.1) is 6.92 Å². The van der Waals surface area contributed by atoms with Crippen LogP contribution in [0.15, 0.2) is 23.1 Å². The molecule has 2 amide bonds. The fraction of sp³-hybridized carbons (Fsp3) is 0.500. The fourth-order valence-electron chi connectivity index (χ4n) is 2.15. The van der Waals surface area contributed by atoms with Gasteiger partial charge in [0.15, 0.2) is 0 Å². The van der Waals surface area contributed by atoms with Gasteiger partial charge >= 0.3 is 12.2 Å². The third-order valence-corrected chi connectivity index (χ3v) is 4.36. The summed E-state index contributed by atoms with van der Waals surface area (Å²) in [5.41, 5.74) is 1.20. The van der Waals surface area contributed by atoms with Crippen LogP contribution in [0.25, 0.3) is 0 Å². The Balaban J connectivity index is 2.08. The van der Waals surface area contributed by atoms with Crippen molar-refractivity contribution in [1.29, 1.82) is 0 Å². The quantitative estimate of drug-likeness (QED) is 0.835. The second-order valence-electron chi connectivity index (χ2n) is 5.22. The molecule has 1 heterocycles. The minimum absolute atomic E-state index is 0.239. The molecule has 1 saturated heterocycles. The number of nitrogens with one attached hydrogen (secondary N) is 1. The highest BCUT2D eigenvalue weighted by molar-refractivity contribution is 7.99. The van der Waals surface area contributed by atoms with E-state index in [1.807, 2.05) is 0 Å². The summed E-state index contributed by atoms with van der Waals surface area (Å²) in [5.74, 6) is -1.01. The van der Waals surface area contributed by atoms with Gasteiger partial charge in [-0.3, -0.25) is 0 Å². The van der Waals surface area contributed by atoms with Crippen molar-refractivity contribution in [3.05, 3.63) is 23.8 Å². The molecule has 1 fully saturated rings. The van der Waals surface area contributed by atoms with Crippen LogP contribution in [-0.4, -0.2) is 47.2 Å². The molecule has 1 aromatic rings. The SMILES string of the molecule is Cc1ccc(SCC(F)(F)F)c(NC(=O)N2CC[C@@H](O)C2)c1. The van der Waals surface area contributed by atoms with Gasteiger partial charge in [0.2, 0.25) is 0 Å². The highest BCUT2D eigenvalue weighted by atomic mass is 32.2. The molecule has 0 radical (unpaired) electrons. The molecule has 0 spiro atoms. The third-order valence-electron chi connectivity index (χ3n) is 3.22. The molecular formula is C14H17F3N2O2S. The summed E-state index contributed by atoms with van der Waals surface area (Å²) < 4.78 is 37.1. The number of β-amino-alcohol motifs (C(OH)–C–C–N with tert-alkyl or cyclic N) is 1. The Morgan fingerprint density at radius 2 is 2.23 bits per heavy atom. The number of likely N-dealkylation sites (tertiary alicyclic amines) is 1. The van der Waals surface area contributed by atoms with Crippen molar-refractivity contribution in [2.45, 2.75) is 30.5 Å². The Morgan fingerprint density at radius 3 is 2.82 bits per heavy atom. The lowest BCUT2D eigenvalue weighted by Gasteiger charge is -2.18. The van der Waals surface area contributed by atoms with Crippen molar-refractivity contribution in [3.8, 4) is 0 Å². The molecule has 2 rings (SSSR count). The zero-order chi connectivity index (χ0) is 16.3. The van der Waals surface area contributed by atoms with Crippen LogP contribution in [0.4, 0.5) is 23.7 Å². The maximum absolute atomic E-state index is 12.4. The van der Waals surface area contributed by atoms with Crippen LogP contribution in [-0.2, 0) is 0 Å². The molecule has 22 heavy (non-hydrogen) atoms. The Morgan fingerprint density at radius 1 is 1.50 bits per heavy atom. The Labute approximate surface area is 130 Å². The van der Waals surface area contributed by atoms with Crippen molar-refractivity contribution in [3.63, 3.8) is 0 Å². The number of thioether (sulfide) groups is 1. The van der Waals surface area contributed by atoms with Gasteiger partial charge in [-0.05, 0) is 31.0 Å². The molecule has 4 nitrogen and oxygen atoms in total. The molecule has 1 aliphatic heterocycles. The van der Waals surface area contributed by atoms with Gasteiger partial charge in [0.05, 0.1) is 17.5 Å². The van der Waals surface area contributed by atoms with Crippen LogP contribution < -0.4 is 5.32 Å². The van der Waals surface area contributed by atoms with E-state index in [4.69, 9.17) is 0 Å². The number of rotatable bonds is 3. The zero-order valence-electron chi connectivity index (χ0n) is 12.0. The minimum atomic E-state index is -4.27. The van der Waals surface area contributed by atoms with Crippen molar-refractivity contribution in [2.75, 3.05) is 24.2 Å². The summed E-state index contributed by atoms with van der Waals surface area (Å²) >= 11 is 0.640. The second-order valence-corrected chi connectivity index (χ2v) is 6.24. The van der Waals surface area contributed by atoms with Crippen molar-refractivity contribution in [2.24, 2.45) is 0 Å². The molecule has 0 aromatic heterocycles. The van der Waals surface area contributed by atoms with Crippen LogP contribution in [0.1, 0.15) is 12.0 Å². The van der Waals surface area contributed by atoms with Crippen LogP contribution in [0.2, 0.25) is 0 Å². The third kappa shape index (κ3) is 4.81. The predicted octanol–water partition coefficient (Wildman–Crippen LogP) is 3.25. The number of amides is 2. The molecule has 2 N–H and O–H groups in total. The monoisotopic (exact) mass is 334 g/mol. The van der Waals surface area contributed by atoms with Gasteiger partial charge in [-0.25, -0.2) is 4.79 Å². The number of hydrogen-bond acceptors (Lipinski definition) is 3. The topological polar surface area (TPSA) is 52.6 Å². The molecule has 0 bridgehead atoms. The summed E-state index contributed by atoms with van der Waals surface area (Å²) in [6.07, 6.45) is -4.30. The van der Waals surface area contributed by atoms with Gasteiger partial charge in [-0.2, -0.15) is 13.2 Å². The molecule has 0 unspecified atom stereocenters. The summed E-state index contributed by atoms with van der Waals surface area (Å²) in [4.78, 5) is 13.9. The average molecular weight is 334 g/mol. The molecule has 1 atom stereocenters. The first-order valence-electron chi connectivity index (χ1n) is 6.79. The second kappa shape index (κ2) is 6.78. The number of alkyl halides is 3. The number of hydrogen-bond donors (Lipinski definition) is 2. The van der Waals surface area contributed by atoms with E-state index in [0.717, 1.165) is 5.56 Å². The Bertz CT molecular complexity index is 551. The van der Waals surface area contributed by atoms with E-state index in [-0.39, 0.29) is 6.54 Å². The van der Waals surface area contributed by atoms with E-state index in [9.17, 15) is 23.1 Å². The lowest BCUT2D eigenvalue weighted by Crippen LogP contribution is -2.33. The Kier molecular flexibility index (Phi) is 5.23. The standard InChI is InChI=1S/C14H17F3N2O2S/c1-9-2-3-12(22-8-14(15,16)17)11(6-9)18-13(21)19-5-4-10(20)7-19/h2-3,6,10,20H,4-5,7-8H2,1H3,(H,18,21)/t10-/m1/s1. The molecule has 0 aliphatic carbocycles. The normalized spacial score (nSPS) is 18.6. The van der Waals surface area contributed by atoms with Crippen LogP contribution in [0.3, 0.4) is 0 Å². The number of halogens is 3. The lowest BCUT2D eigenvalue weighted by molar-refractivity contribution is -0.105. The largest absolute Gasteiger partial charge is 0.398 e. The first kappa shape index (κ1) is 17.0. The zero-order valence-corrected chi connectivity index (χ0v) is 12.8. The molecule has 0 saturated carbocycles. The number of aryl methyl sites for hydroxylation is 1. The highest BCUT2D eigenvalue weighted by Crippen LogP contribution is 2.33. The number of nitrogens with zero attached hydrogens (tertiary/aromatic N) is 1. The smallest absolute Gasteiger partial charge is 0.391 e. The van der Waals surface area contributed by atoms with E-state index < -0.39 is 24.1 Å². The van der Waals surface area contributed by atoms with E-state index in [1.165, 1.54) is 4.90 Å². The fourth-order valence-corrected chi connectivity index (χ4v) is 2.90. The first-order chi connectivity index (χ1) is 10.2. The summed E-state index contributed by atoms with van der Waals surface area (Å²) in [6.45, 7) is 2.47. The number of aliphatic hydroxyl groups is 1. The molecule has 1 aromatic carbocycles. The number of urea groups is 1. The predicted molar refractivity (Wildman–Crippen MR) is 79.2 cm³/mol. The number of carbonyl (C=O) groups is 1. The van der Waals surface area contributed by atoms with Gasteiger partial charge < -0.3 is 15.3 Å². The van der Waals surface area contributed by atoms with Crippen molar-refractivity contribution < 1.29 is 23.1 Å². The summed E-state index contributed by atoms with van der Waals surface area (Å²) in [7, 11) is 0. The van der Waals surface area contributed by atoms with Crippen LogP contribution in [0.5, 0.6) is 0 Å². The van der Waals surface area contributed by atoms with Crippen molar-refractivity contribution in [1.82, 2.24) is 4.90 Å². The number of carbonyl (C=O) groups excluding carboxylic acids is 1. The highest BCUT2D eigenvalue weighted by Gasteiger charge is 2.28. The van der Waals surface area contributed by atoms with E-state index >= 15 is 0 Å². The van der Waals surface area contributed by atoms with Crippen LogP contribution >= 0.6 is 11.8 Å². The Hall–Kier alpha value is -1.41. The lowest BCUT2D eigenvalue weighted by atomic mass is 10.2. The van der Waals surface area contributed by atoms with E-state index in [0.29, 0.717) is 35.3 Å². The van der Waals surface area contributed by atoms with E-state index in [1.54, 1.807) is 25.1 Å². The average Bonchev–Trinajstić information content (AvgIpc) is 2.83. The molecule has 1 aliphatic rings. The minimum Gasteiger partial charge on any atom is -0.391 e. The van der Waals surface area contributed by atoms with Gasteiger partial charge in [-0.1, -0.05) is 6.07 Å². The molecule has 122 valence electrons. The van der Waals surface area contributed by atoms with Gasteiger partial charge in [-0.15, -0.1) is 11.8 Å². The molecule has 8 heteroatoms. The maximum Gasteiger partial charge on any atom is 0.398 e. The summed E-state index contributed by atoms with van der Waals surface area (Å²) in [6, 6.07) is 4.51. The van der Waals surface area contributed by atoms with E-state index in [2.05, 4.69) is 5.32 Å². The number of aliphatic hydroxyl groups excluding tert-OH is 1. The first-order valence-corrected chi connectivity index (χ1v) is 7.77. The van der Waals surface area contributed by atoms with Gasteiger partial charge in [0.1, 0.15) is 0 Å². The van der Waals surface area contributed by atoms with Gasteiger partial charge in [0.25, 0.3) is 0 Å². The van der Waals surface area contributed by atoms with Gasteiger partial charge in [0, 0.05) is 18.0 Å². The number of anilines is 1. The molecular weight excluding hydrogens is 317 g/mol. The number of benzene rings is 1.